The third-order valence-corrected chi connectivity index (χ3v) is 10.1. The minimum atomic E-state index is -1.27. The molecule has 1 aliphatic heterocycles. The van der Waals surface area contributed by atoms with Crippen molar-refractivity contribution in [2.24, 2.45) is 5.41 Å². The molecule has 0 radical (unpaired) electrons. The minimum Gasteiger partial charge on any atom is -0.468 e. The number of aromatic nitrogens is 2. The van der Waals surface area contributed by atoms with E-state index in [1.54, 1.807) is 10.8 Å². The maximum Gasteiger partial charge on any atom is 0.316 e. The van der Waals surface area contributed by atoms with Crippen molar-refractivity contribution in [2.75, 3.05) is 32.2 Å². The van der Waals surface area contributed by atoms with Gasteiger partial charge in [0.05, 0.1) is 12.5 Å². The van der Waals surface area contributed by atoms with Crippen LogP contribution < -0.4 is 5.32 Å². The van der Waals surface area contributed by atoms with E-state index in [1.165, 1.54) is 7.11 Å². The lowest BCUT2D eigenvalue weighted by Crippen LogP contribution is -2.42. The number of amides is 1. The molecule has 1 fully saturated rings. The summed E-state index contributed by atoms with van der Waals surface area (Å²) in [5.41, 5.74) is 3.07. The number of allylic oxidation sites excluding steroid dienone is 2. The maximum absolute atomic E-state index is 13.6. The SMILES string of the molecule is COC(=O)C1(c2ccc(NC(=O)c3nc(C#N)cn3COCC[Si](C)(C)C)c(C3=CCC(C)(C)CC3)c2)CCOCC1. The summed E-state index contributed by atoms with van der Waals surface area (Å²) in [7, 11) is 0.153. The van der Waals surface area contributed by atoms with Crippen LogP contribution in [-0.2, 0) is 31.2 Å². The molecule has 0 bridgehead atoms. The highest BCUT2D eigenvalue weighted by Gasteiger charge is 2.43. The van der Waals surface area contributed by atoms with E-state index in [0.717, 1.165) is 42.0 Å². The van der Waals surface area contributed by atoms with Crippen LogP contribution in [0.15, 0.2) is 30.5 Å². The molecular weight excluding hydrogens is 548 g/mol. The van der Waals surface area contributed by atoms with Gasteiger partial charge in [-0.1, -0.05) is 45.6 Å². The van der Waals surface area contributed by atoms with Crippen LogP contribution in [0.1, 0.15) is 73.4 Å². The van der Waals surface area contributed by atoms with Crippen LogP contribution in [-0.4, -0.2) is 56.4 Å². The third kappa shape index (κ3) is 7.38. The molecule has 9 nitrogen and oxygen atoms in total. The lowest BCUT2D eigenvalue weighted by molar-refractivity contribution is -0.151. The van der Waals surface area contributed by atoms with Crippen LogP contribution in [0.3, 0.4) is 0 Å². The van der Waals surface area contributed by atoms with Gasteiger partial charge < -0.3 is 24.1 Å². The number of methoxy groups -OCH3 is 1. The molecule has 2 heterocycles. The highest BCUT2D eigenvalue weighted by molar-refractivity contribution is 6.76. The van der Waals surface area contributed by atoms with E-state index in [-0.39, 0.29) is 29.6 Å². The predicted molar refractivity (Wildman–Crippen MR) is 165 cm³/mol. The summed E-state index contributed by atoms with van der Waals surface area (Å²) in [4.78, 5) is 31.0. The molecule has 0 unspecified atom stereocenters. The van der Waals surface area contributed by atoms with E-state index in [4.69, 9.17) is 14.2 Å². The first-order valence-electron chi connectivity index (χ1n) is 14.7. The van der Waals surface area contributed by atoms with Crippen LogP contribution in [0, 0.1) is 16.7 Å². The number of hydrogen-bond donors (Lipinski definition) is 1. The fraction of sp³-hybridized carbons (Fsp3) is 0.562. The standard InChI is InChI=1S/C32H44N4O5Si/c1-31(2)11-9-23(10-12-31)26-19-24(32(30(38)39-3)13-15-40-16-14-32)7-8-27(26)35-29(37)28-34-25(20-33)21-36(28)22-41-17-18-42(4,5)6/h7-9,19,21H,10-18,22H2,1-6H3,(H,35,37). The van der Waals surface area contributed by atoms with Crippen LogP contribution in [0.25, 0.3) is 5.57 Å². The van der Waals surface area contributed by atoms with Crippen molar-refractivity contribution >= 4 is 31.2 Å². The minimum absolute atomic E-state index is 0.115. The van der Waals surface area contributed by atoms with Gasteiger partial charge in [-0.15, -0.1) is 0 Å². The second-order valence-electron chi connectivity index (χ2n) is 13.4. The second kappa shape index (κ2) is 12.9. The van der Waals surface area contributed by atoms with Gasteiger partial charge in [0.2, 0.25) is 5.82 Å². The quantitative estimate of drug-likeness (QED) is 0.200. The van der Waals surface area contributed by atoms with E-state index in [1.807, 2.05) is 24.3 Å². The molecule has 2 aromatic rings. The van der Waals surface area contributed by atoms with E-state index in [9.17, 15) is 14.9 Å². The zero-order valence-electron chi connectivity index (χ0n) is 25.8. The number of nitriles is 1. The van der Waals surface area contributed by atoms with Gasteiger partial charge >= 0.3 is 5.97 Å². The Balaban J connectivity index is 1.67. The predicted octanol–water partition coefficient (Wildman–Crippen LogP) is 6.13. The van der Waals surface area contributed by atoms with Crippen molar-refractivity contribution in [3.05, 3.63) is 53.1 Å². The first-order valence-corrected chi connectivity index (χ1v) is 18.4. The monoisotopic (exact) mass is 592 g/mol. The van der Waals surface area contributed by atoms with Crippen LogP contribution in [0.4, 0.5) is 5.69 Å². The number of hydrogen-bond acceptors (Lipinski definition) is 7. The Kier molecular flexibility index (Phi) is 9.76. The Morgan fingerprint density at radius 1 is 1.19 bits per heavy atom. The molecule has 10 heteroatoms. The molecule has 42 heavy (non-hydrogen) atoms. The number of benzene rings is 1. The number of rotatable bonds is 10. The average molecular weight is 593 g/mol. The lowest BCUT2D eigenvalue weighted by Gasteiger charge is -2.36. The summed E-state index contributed by atoms with van der Waals surface area (Å²) in [6.07, 6.45) is 7.63. The van der Waals surface area contributed by atoms with Crippen molar-refractivity contribution < 1.29 is 23.8 Å². The molecule has 0 saturated carbocycles. The number of nitrogens with zero attached hydrogens (tertiary/aromatic N) is 3. The van der Waals surface area contributed by atoms with Crippen molar-refractivity contribution in [3.8, 4) is 6.07 Å². The normalized spacial score (nSPS) is 18.1. The van der Waals surface area contributed by atoms with Crippen molar-refractivity contribution in [3.63, 3.8) is 0 Å². The number of esters is 1. The first kappa shape index (κ1) is 31.7. The Morgan fingerprint density at radius 2 is 1.93 bits per heavy atom. The van der Waals surface area contributed by atoms with Crippen molar-refractivity contribution in [1.82, 2.24) is 9.55 Å². The Bertz CT molecular complexity index is 1380. The van der Waals surface area contributed by atoms with Gasteiger partial charge in [-0.2, -0.15) is 5.26 Å². The van der Waals surface area contributed by atoms with Crippen LogP contribution >= 0.6 is 0 Å². The summed E-state index contributed by atoms with van der Waals surface area (Å²) < 4.78 is 18.3. The maximum atomic E-state index is 13.6. The molecule has 1 aliphatic carbocycles. The summed E-state index contributed by atoms with van der Waals surface area (Å²) in [6, 6.07) is 8.84. The summed E-state index contributed by atoms with van der Waals surface area (Å²) >= 11 is 0. The largest absolute Gasteiger partial charge is 0.468 e. The molecule has 1 aromatic carbocycles. The number of ether oxygens (including phenoxy) is 3. The molecule has 1 saturated heterocycles. The Labute approximate surface area is 250 Å². The van der Waals surface area contributed by atoms with E-state index < -0.39 is 19.4 Å². The van der Waals surface area contributed by atoms with Gasteiger partial charge in [-0.3, -0.25) is 9.59 Å². The molecule has 2 aliphatic rings. The second-order valence-corrected chi connectivity index (χ2v) is 19.0. The van der Waals surface area contributed by atoms with Gasteiger partial charge in [0.1, 0.15) is 12.8 Å². The van der Waals surface area contributed by atoms with E-state index >= 15 is 0 Å². The number of anilines is 1. The third-order valence-electron chi connectivity index (χ3n) is 8.38. The smallest absolute Gasteiger partial charge is 0.316 e. The van der Waals surface area contributed by atoms with E-state index in [2.05, 4.69) is 49.9 Å². The number of imidazole rings is 1. The fourth-order valence-electron chi connectivity index (χ4n) is 5.53. The van der Waals surface area contributed by atoms with Gasteiger partial charge in [0.25, 0.3) is 5.91 Å². The average Bonchev–Trinajstić information content (AvgIpc) is 3.38. The van der Waals surface area contributed by atoms with Crippen molar-refractivity contribution in [1.29, 1.82) is 5.26 Å². The molecule has 1 aromatic heterocycles. The first-order chi connectivity index (χ1) is 19.9. The zero-order chi connectivity index (χ0) is 30.5. The number of carbonyl (C=O) groups is 2. The Morgan fingerprint density at radius 3 is 2.55 bits per heavy atom. The summed E-state index contributed by atoms with van der Waals surface area (Å²) in [5, 5.41) is 12.5. The van der Waals surface area contributed by atoms with Gasteiger partial charge in [0.15, 0.2) is 5.69 Å². The lowest BCUT2D eigenvalue weighted by atomic mass is 9.72. The molecule has 0 spiro atoms. The molecule has 1 N–H and O–H groups in total. The molecular formula is C32H44N4O5Si. The highest BCUT2D eigenvalue weighted by atomic mass is 28.3. The molecule has 4 rings (SSSR count). The summed E-state index contributed by atoms with van der Waals surface area (Å²) in [5.74, 6) is -0.582. The fourth-order valence-corrected chi connectivity index (χ4v) is 6.29. The molecule has 0 atom stereocenters. The van der Waals surface area contributed by atoms with Gasteiger partial charge in [-0.25, -0.2) is 4.98 Å². The Hall–Kier alpha value is -3.26. The number of nitrogens with one attached hydrogen (secondary N) is 1. The van der Waals surface area contributed by atoms with Gasteiger partial charge in [-0.05, 0) is 66.8 Å². The van der Waals surface area contributed by atoms with Crippen LogP contribution in [0.5, 0.6) is 0 Å². The molecule has 1 amide bonds. The van der Waals surface area contributed by atoms with Crippen molar-refractivity contribution in [2.45, 2.75) is 83.8 Å². The van der Waals surface area contributed by atoms with Crippen LogP contribution in [0.2, 0.25) is 25.7 Å². The van der Waals surface area contributed by atoms with Gasteiger partial charge in [0, 0.05) is 45.3 Å². The summed E-state index contributed by atoms with van der Waals surface area (Å²) in [6.45, 7) is 13.0. The van der Waals surface area contributed by atoms with E-state index in [0.29, 0.717) is 38.3 Å². The topological polar surface area (TPSA) is 115 Å². The number of carbonyl (C=O) groups excluding carboxylic acids is 2. The highest BCUT2D eigenvalue weighted by Crippen LogP contribution is 2.43. The molecule has 226 valence electrons. The zero-order valence-corrected chi connectivity index (χ0v) is 26.8.